The molecule has 0 fully saturated rings. The summed E-state index contributed by atoms with van der Waals surface area (Å²) in [7, 11) is 0. The van der Waals surface area contributed by atoms with Crippen LogP contribution in [0, 0.1) is 22.9 Å². The molecule has 0 atom stereocenters. The van der Waals surface area contributed by atoms with Crippen LogP contribution in [0.2, 0.25) is 0 Å². The Balaban J connectivity index is 2.59. The Bertz CT molecular complexity index is 1200. The lowest BCUT2D eigenvalue weighted by atomic mass is 9.94. The molecule has 8 nitrogen and oxygen atoms in total. The summed E-state index contributed by atoms with van der Waals surface area (Å²) in [6, 6.07) is 0. The Morgan fingerprint density at radius 1 is 0.444 bits per heavy atom. The lowest BCUT2D eigenvalue weighted by Crippen LogP contribution is -2.34. The Morgan fingerprint density at radius 3 is 0.778 bits per heavy atom. The normalized spacial score (nSPS) is 13.9. The fraction of sp³-hybridized carbons (Fsp3) is 0.250. The van der Waals surface area contributed by atoms with Crippen molar-refractivity contribution in [3.63, 3.8) is 0 Å². The van der Waals surface area contributed by atoms with E-state index < -0.39 is 81.7 Å². The Hall–Kier alpha value is -4.36. The van der Waals surface area contributed by atoms with Crippen LogP contribution in [0.1, 0.15) is 45.6 Å². The smallest absolute Gasteiger partial charge is 0.237 e. The zero-order chi connectivity index (χ0) is 27.4. The fourth-order valence-corrected chi connectivity index (χ4v) is 2.86. The predicted octanol–water partition coefficient (Wildman–Crippen LogP) is 4.29. The summed E-state index contributed by atoms with van der Waals surface area (Å²) in [5, 5.41) is 17.7. The summed E-state index contributed by atoms with van der Waals surface area (Å²) >= 11 is 0. The lowest BCUT2D eigenvalue weighted by molar-refractivity contribution is -0.167. The maximum atomic E-state index is 13.3. The molecule has 2 heterocycles. The lowest BCUT2D eigenvalue weighted by Gasteiger charge is -2.24. The van der Waals surface area contributed by atoms with Gasteiger partial charge in [-0.25, -0.2) is 19.9 Å². The van der Waals surface area contributed by atoms with Gasteiger partial charge in [0.1, 0.15) is 34.2 Å². The Kier molecular flexibility index (Phi) is 5.91. The maximum absolute atomic E-state index is 13.3. The van der Waals surface area contributed by atoms with Crippen molar-refractivity contribution < 1.29 is 52.7 Å². The molecule has 0 bridgehead atoms. The first-order valence-electron chi connectivity index (χ1n) is 8.40. The van der Waals surface area contributed by atoms with Crippen LogP contribution in [0.15, 0.2) is 9.98 Å². The first-order chi connectivity index (χ1) is 16.3. The highest BCUT2D eigenvalue weighted by atomic mass is 19.4. The second-order valence-electron chi connectivity index (χ2n) is 6.35. The first kappa shape index (κ1) is 26.2. The van der Waals surface area contributed by atoms with Crippen molar-refractivity contribution in [2.24, 2.45) is 9.98 Å². The third-order valence-electron chi connectivity index (χ3n) is 4.09. The van der Waals surface area contributed by atoms with E-state index in [2.05, 4.69) is 29.9 Å². The summed E-state index contributed by atoms with van der Waals surface area (Å²) in [5.74, 6) is 0. The zero-order valence-electron chi connectivity index (χ0n) is 16.1. The molecule has 0 saturated carbocycles. The van der Waals surface area contributed by atoms with Gasteiger partial charge in [-0.05, 0) is 0 Å². The average molecular weight is 532 g/mol. The van der Waals surface area contributed by atoms with E-state index in [0.29, 0.717) is 0 Å². The summed E-state index contributed by atoms with van der Waals surface area (Å²) < 4.78 is 160. The van der Waals surface area contributed by atoms with E-state index in [-0.39, 0.29) is 0 Å². The topological polar surface area (TPSA) is 124 Å². The minimum absolute atomic E-state index is 0.913. The second-order valence-corrected chi connectivity index (χ2v) is 6.35. The molecule has 2 aromatic rings. The van der Waals surface area contributed by atoms with Gasteiger partial charge in [0.25, 0.3) is 0 Å². The van der Waals surface area contributed by atoms with Gasteiger partial charge in [0, 0.05) is 0 Å². The van der Waals surface area contributed by atoms with E-state index in [1.165, 1.54) is 0 Å². The number of halogens is 12. The number of aromatic nitrogens is 4. The van der Waals surface area contributed by atoms with E-state index in [1.807, 2.05) is 0 Å². The summed E-state index contributed by atoms with van der Waals surface area (Å²) in [5.41, 5.74) is -19.7. The number of alkyl halides is 12. The van der Waals surface area contributed by atoms with Crippen molar-refractivity contribution in [3.05, 3.63) is 45.6 Å². The fourth-order valence-electron chi connectivity index (χ4n) is 2.86. The number of hydrogen-bond donors (Lipinski definition) is 0. The molecule has 188 valence electrons. The van der Waals surface area contributed by atoms with Gasteiger partial charge in [-0.1, -0.05) is 0 Å². The standard InChI is InChI=1S/C16F12N8/c17-13(18,19)9-11(15(23,24)25)35-7-4(32-2-30)8-6(3(31-1-29)5(7)33-9)34-10(14(20,21)22)12(36-8)16(26,27)28. The molecule has 0 amide bonds. The van der Waals surface area contributed by atoms with Crippen LogP contribution in [0.4, 0.5) is 52.7 Å². The molecule has 0 aliphatic heterocycles. The van der Waals surface area contributed by atoms with E-state index in [9.17, 15) is 52.7 Å². The predicted molar refractivity (Wildman–Crippen MR) is 86.6 cm³/mol. The summed E-state index contributed by atoms with van der Waals surface area (Å²) in [6.07, 6.45) is -21.7. The van der Waals surface area contributed by atoms with Crippen molar-refractivity contribution in [1.82, 2.24) is 19.9 Å². The van der Waals surface area contributed by atoms with Gasteiger partial charge in [0.05, 0.1) is 0 Å². The van der Waals surface area contributed by atoms with Crippen LogP contribution in [-0.2, 0) is 24.7 Å². The number of nitrogens with zero attached hydrogens (tertiary/aromatic N) is 8. The van der Waals surface area contributed by atoms with Crippen molar-refractivity contribution in [3.8, 4) is 12.4 Å². The molecule has 0 radical (unpaired) electrons. The highest BCUT2D eigenvalue weighted by molar-refractivity contribution is 6.29. The minimum atomic E-state index is -5.87. The third kappa shape index (κ3) is 4.48. The number of hydrogen-bond acceptors (Lipinski definition) is 8. The van der Waals surface area contributed by atoms with Gasteiger partial charge in [-0.3, -0.25) is 0 Å². The van der Waals surface area contributed by atoms with Gasteiger partial charge in [0.15, 0.2) is 22.8 Å². The molecule has 0 saturated heterocycles. The first-order valence-corrected chi connectivity index (χ1v) is 8.40. The molecule has 1 aliphatic rings. The van der Waals surface area contributed by atoms with E-state index in [1.54, 1.807) is 0 Å². The molecule has 2 aromatic heterocycles. The van der Waals surface area contributed by atoms with Crippen LogP contribution in [-0.4, -0.2) is 31.4 Å². The number of fused-ring (bicyclic) bond motifs is 2. The number of rotatable bonds is 0. The van der Waals surface area contributed by atoms with Crippen LogP contribution in [0.3, 0.4) is 0 Å². The Labute approximate surface area is 188 Å². The van der Waals surface area contributed by atoms with Crippen LogP contribution in [0.5, 0.6) is 0 Å². The van der Waals surface area contributed by atoms with E-state index >= 15 is 0 Å². The number of nitriles is 2. The molecule has 0 N–H and O–H groups in total. The monoisotopic (exact) mass is 532 g/mol. The summed E-state index contributed by atoms with van der Waals surface area (Å²) in [4.78, 5) is 16.5. The van der Waals surface area contributed by atoms with E-state index in [0.717, 1.165) is 12.4 Å². The second kappa shape index (κ2) is 8.10. The molecule has 36 heavy (non-hydrogen) atoms. The zero-order valence-corrected chi connectivity index (χ0v) is 16.1. The van der Waals surface area contributed by atoms with Crippen molar-refractivity contribution >= 4 is 11.4 Å². The minimum Gasteiger partial charge on any atom is -0.237 e. The molecular formula is C16F12N8. The molecule has 3 rings (SSSR count). The quantitative estimate of drug-likeness (QED) is 0.314. The molecule has 0 aromatic carbocycles. The van der Waals surface area contributed by atoms with E-state index in [4.69, 9.17) is 10.5 Å². The molecule has 0 unspecified atom stereocenters. The van der Waals surface area contributed by atoms with Crippen LogP contribution < -0.4 is 0 Å². The van der Waals surface area contributed by atoms with Crippen LogP contribution in [0.25, 0.3) is 0 Å². The highest BCUT2D eigenvalue weighted by Gasteiger charge is 2.51. The molecule has 20 heteroatoms. The molecule has 0 spiro atoms. The largest absolute Gasteiger partial charge is 0.435 e. The molecular weight excluding hydrogens is 532 g/mol. The van der Waals surface area contributed by atoms with Gasteiger partial charge in [-0.15, -0.1) is 0 Å². The maximum Gasteiger partial charge on any atom is 0.435 e. The van der Waals surface area contributed by atoms with Gasteiger partial charge >= 0.3 is 24.7 Å². The average Bonchev–Trinajstić information content (AvgIpc) is 2.71. The van der Waals surface area contributed by atoms with Gasteiger partial charge in [-0.2, -0.15) is 73.2 Å². The SMILES string of the molecule is N#CN=C1c2nc(C(F)(F)F)c(C(F)(F)F)nc2C(=NC#N)c2nc(C(F)(F)F)c(C(F)(F)F)nc21. The molecule has 1 aliphatic carbocycles. The summed E-state index contributed by atoms with van der Waals surface area (Å²) in [6.45, 7) is 0. The Morgan fingerprint density at radius 2 is 0.639 bits per heavy atom. The van der Waals surface area contributed by atoms with Crippen molar-refractivity contribution in [2.45, 2.75) is 24.7 Å². The third-order valence-corrected chi connectivity index (χ3v) is 4.09. The van der Waals surface area contributed by atoms with Crippen molar-refractivity contribution in [1.29, 1.82) is 10.5 Å². The van der Waals surface area contributed by atoms with Gasteiger partial charge in [0.2, 0.25) is 12.4 Å². The van der Waals surface area contributed by atoms with Gasteiger partial charge < -0.3 is 0 Å². The highest BCUT2D eigenvalue weighted by Crippen LogP contribution is 2.42. The van der Waals surface area contributed by atoms with Crippen LogP contribution >= 0.6 is 0 Å². The van der Waals surface area contributed by atoms with Crippen molar-refractivity contribution in [2.75, 3.05) is 0 Å². The number of aliphatic imine (C=N–C) groups is 2.